The van der Waals surface area contributed by atoms with Crippen LogP contribution in [0.3, 0.4) is 0 Å². The minimum absolute atomic E-state index is 0.272. The first-order valence-electron chi connectivity index (χ1n) is 3.88. The molecule has 0 aliphatic rings. The van der Waals surface area contributed by atoms with Crippen LogP contribution in [0.2, 0.25) is 0 Å². The van der Waals surface area contributed by atoms with Crippen molar-refractivity contribution in [1.29, 1.82) is 5.26 Å². The summed E-state index contributed by atoms with van der Waals surface area (Å²) in [6.07, 6.45) is 0.445. The number of benzene rings is 1. The van der Waals surface area contributed by atoms with E-state index in [0.717, 1.165) is 15.0 Å². The molecule has 1 N–H and O–H groups in total. The fourth-order valence-electron chi connectivity index (χ4n) is 1.25. The molecule has 1 aromatic heterocycles. The van der Waals surface area contributed by atoms with Crippen LogP contribution in [0.5, 0.6) is 5.75 Å². The molecule has 0 saturated carbocycles. The molecular formula is C10H7NOS. The summed E-state index contributed by atoms with van der Waals surface area (Å²) in [5.41, 5.74) is 0. The molecule has 0 aliphatic carbocycles. The van der Waals surface area contributed by atoms with Crippen LogP contribution in [0.15, 0.2) is 24.3 Å². The molecule has 1 aromatic carbocycles. The van der Waals surface area contributed by atoms with Gasteiger partial charge < -0.3 is 5.11 Å². The van der Waals surface area contributed by atoms with E-state index >= 15 is 0 Å². The van der Waals surface area contributed by atoms with Crippen molar-refractivity contribution in [2.24, 2.45) is 0 Å². The number of phenols is 1. The summed E-state index contributed by atoms with van der Waals surface area (Å²) in [6, 6.07) is 9.30. The van der Waals surface area contributed by atoms with Gasteiger partial charge in [-0.1, -0.05) is 0 Å². The number of rotatable bonds is 1. The average Bonchev–Trinajstić information content (AvgIpc) is 2.46. The van der Waals surface area contributed by atoms with Gasteiger partial charge in [0.25, 0.3) is 0 Å². The van der Waals surface area contributed by atoms with E-state index < -0.39 is 0 Å². The number of fused-ring (bicyclic) bond motifs is 1. The number of hydrogen-bond donors (Lipinski definition) is 1. The Balaban J connectivity index is 2.57. The molecule has 0 bridgehead atoms. The van der Waals surface area contributed by atoms with Gasteiger partial charge in [-0.15, -0.1) is 11.3 Å². The third-order valence-corrected chi connectivity index (χ3v) is 2.92. The van der Waals surface area contributed by atoms with Crippen molar-refractivity contribution in [3.63, 3.8) is 0 Å². The molecule has 2 rings (SSSR count). The maximum absolute atomic E-state index is 9.21. The van der Waals surface area contributed by atoms with Gasteiger partial charge in [-0.2, -0.15) is 5.26 Å². The highest BCUT2D eigenvalue weighted by atomic mass is 32.1. The van der Waals surface area contributed by atoms with E-state index in [4.69, 9.17) is 5.26 Å². The van der Waals surface area contributed by atoms with Crippen LogP contribution in [-0.2, 0) is 6.42 Å². The predicted molar refractivity (Wildman–Crippen MR) is 52.8 cm³/mol. The summed E-state index contributed by atoms with van der Waals surface area (Å²) in [6.45, 7) is 0. The lowest BCUT2D eigenvalue weighted by Crippen LogP contribution is -1.68. The highest BCUT2D eigenvalue weighted by Crippen LogP contribution is 2.28. The van der Waals surface area contributed by atoms with Crippen LogP contribution in [0.25, 0.3) is 10.1 Å². The minimum Gasteiger partial charge on any atom is -0.508 e. The third kappa shape index (κ3) is 1.49. The van der Waals surface area contributed by atoms with Gasteiger partial charge in [0.15, 0.2) is 0 Å². The SMILES string of the molecule is N#CCc1cc2cc(O)ccc2s1. The van der Waals surface area contributed by atoms with E-state index in [0.29, 0.717) is 6.42 Å². The summed E-state index contributed by atoms with van der Waals surface area (Å²) in [4.78, 5) is 1.04. The fraction of sp³-hybridized carbons (Fsp3) is 0.100. The molecule has 2 aromatic rings. The van der Waals surface area contributed by atoms with Crippen LogP contribution in [0.4, 0.5) is 0 Å². The van der Waals surface area contributed by atoms with Crippen molar-refractivity contribution in [2.45, 2.75) is 6.42 Å². The molecule has 0 amide bonds. The molecule has 0 aliphatic heterocycles. The summed E-state index contributed by atoms with van der Waals surface area (Å²) in [5.74, 6) is 0.272. The van der Waals surface area contributed by atoms with E-state index in [1.165, 1.54) is 0 Å². The Hall–Kier alpha value is -1.53. The number of nitrogens with zero attached hydrogens (tertiary/aromatic N) is 1. The lowest BCUT2D eigenvalue weighted by Gasteiger charge is -1.89. The Morgan fingerprint density at radius 1 is 1.38 bits per heavy atom. The summed E-state index contributed by atoms with van der Waals surface area (Å²) in [5, 5.41) is 18.7. The second-order valence-electron chi connectivity index (χ2n) is 2.77. The largest absolute Gasteiger partial charge is 0.508 e. The van der Waals surface area contributed by atoms with Crippen LogP contribution in [0.1, 0.15) is 4.88 Å². The predicted octanol–water partition coefficient (Wildman–Crippen LogP) is 2.67. The van der Waals surface area contributed by atoms with Crippen LogP contribution < -0.4 is 0 Å². The Morgan fingerprint density at radius 2 is 2.23 bits per heavy atom. The monoisotopic (exact) mass is 189 g/mol. The normalized spacial score (nSPS) is 10.1. The lowest BCUT2D eigenvalue weighted by atomic mass is 10.2. The quantitative estimate of drug-likeness (QED) is 0.749. The zero-order valence-electron chi connectivity index (χ0n) is 6.82. The van der Waals surface area contributed by atoms with Gasteiger partial charge in [0.05, 0.1) is 12.5 Å². The summed E-state index contributed by atoms with van der Waals surface area (Å²) < 4.78 is 1.11. The molecule has 1 heterocycles. The third-order valence-electron chi connectivity index (χ3n) is 1.80. The van der Waals surface area contributed by atoms with Crippen molar-refractivity contribution in [2.75, 3.05) is 0 Å². The standard InChI is InChI=1S/C10H7NOS/c11-4-3-9-6-7-5-8(12)1-2-10(7)13-9/h1-2,5-6,12H,3H2. The lowest BCUT2D eigenvalue weighted by molar-refractivity contribution is 0.476. The van der Waals surface area contributed by atoms with Gasteiger partial charge in [-0.3, -0.25) is 0 Å². The second kappa shape index (κ2) is 3.08. The number of hydrogen-bond acceptors (Lipinski definition) is 3. The van der Waals surface area contributed by atoms with E-state index in [-0.39, 0.29) is 5.75 Å². The first-order chi connectivity index (χ1) is 6.29. The molecule has 0 fully saturated rings. The molecule has 0 spiro atoms. The van der Waals surface area contributed by atoms with E-state index in [2.05, 4.69) is 6.07 Å². The molecular weight excluding hydrogens is 182 g/mol. The van der Waals surface area contributed by atoms with Crippen molar-refractivity contribution in [3.05, 3.63) is 29.1 Å². The molecule has 0 saturated heterocycles. The Kier molecular flexibility index (Phi) is 1.91. The zero-order chi connectivity index (χ0) is 9.26. The smallest absolute Gasteiger partial charge is 0.116 e. The summed E-state index contributed by atoms with van der Waals surface area (Å²) in [7, 11) is 0. The number of aromatic hydroxyl groups is 1. The van der Waals surface area contributed by atoms with Crippen molar-refractivity contribution < 1.29 is 5.11 Å². The Bertz CT molecular complexity index is 481. The first-order valence-corrected chi connectivity index (χ1v) is 4.69. The minimum atomic E-state index is 0.272. The average molecular weight is 189 g/mol. The number of nitriles is 1. The highest BCUT2D eigenvalue weighted by molar-refractivity contribution is 7.19. The Morgan fingerprint density at radius 3 is 3.00 bits per heavy atom. The van der Waals surface area contributed by atoms with Crippen molar-refractivity contribution in [3.8, 4) is 11.8 Å². The first kappa shape index (κ1) is 8.09. The highest BCUT2D eigenvalue weighted by Gasteiger charge is 2.01. The number of thiophene rings is 1. The molecule has 0 radical (unpaired) electrons. The van der Waals surface area contributed by atoms with Gasteiger partial charge in [-0.05, 0) is 29.7 Å². The topological polar surface area (TPSA) is 44.0 Å². The fourth-order valence-corrected chi connectivity index (χ4v) is 2.23. The zero-order valence-corrected chi connectivity index (χ0v) is 7.64. The second-order valence-corrected chi connectivity index (χ2v) is 3.94. The molecule has 0 atom stereocenters. The molecule has 2 nitrogen and oxygen atoms in total. The van der Waals surface area contributed by atoms with Crippen LogP contribution in [-0.4, -0.2) is 5.11 Å². The molecule has 64 valence electrons. The van der Waals surface area contributed by atoms with Crippen molar-refractivity contribution in [1.82, 2.24) is 0 Å². The van der Waals surface area contributed by atoms with Crippen molar-refractivity contribution >= 4 is 21.4 Å². The van der Waals surface area contributed by atoms with E-state index in [1.807, 2.05) is 12.1 Å². The molecule has 3 heteroatoms. The van der Waals surface area contributed by atoms with E-state index in [9.17, 15) is 5.11 Å². The Labute approximate surface area is 79.7 Å². The van der Waals surface area contributed by atoms with E-state index in [1.54, 1.807) is 23.5 Å². The molecule has 13 heavy (non-hydrogen) atoms. The van der Waals surface area contributed by atoms with Gasteiger partial charge in [-0.25, -0.2) is 0 Å². The van der Waals surface area contributed by atoms with Gasteiger partial charge in [0.2, 0.25) is 0 Å². The molecule has 0 unspecified atom stereocenters. The summed E-state index contributed by atoms with van der Waals surface area (Å²) >= 11 is 1.60. The van der Waals surface area contributed by atoms with Crippen LogP contribution >= 0.6 is 11.3 Å². The maximum Gasteiger partial charge on any atom is 0.116 e. The number of phenolic OH excluding ortho intramolecular Hbond substituents is 1. The van der Waals surface area contributed by atoms with Crippen LogP contribution in [0, 0.1) is 11.3 Å². The maximum atomic E-state index is 9.21. The van der Waals surface area contributed by atoms with Gasteiger partial charge >= 0.3 is 0 Å². The van der Waals surface area contributed by atoms with Gasteiger partial charge in [0.1, 0.15) is 5.75 Å². The van der Waals surface area contributed by atoms with Gasteiger partial charge in [0, 0.05) is 9.58 Å².